The Hall–Kier alpha value is -5.09. The average molecular weight is 618 g/mol. The SMILES string of the molecule is CN1CCN(c2ccc(N=CC3C(=O)Nc4cc(C(=O)c5cccc(NC(=O)c6cc(C(C)(C)C)nn6C)c5)ccc43)cc2)CC1. The molecule has 4 aromatic rings. The fraction of sp³-hybridized carbons (Fsp3) is 0.306. The summed E-state index contributed by atoms with van der Waals surface area (Å²) in [5.41, 5.74) is 5.70. The van der Waals surface area contributed by atoms with E-state index >= 15 is 0 Å². The van der Waals surface area contributed by atoms with E-state index in [9.17, 15) is 14.4 Å². The Balaban J connectivity index is 1.13. The number of aryl methyl sites for hydroxylation is 1. The van der Waals surface area contributed by atoms with Gasteiger partial charge in [0, 0.05) is 73.0 Å². The van der Waals surface area contributed by atoms with Crippen molar-refractivity contribution in [2.75, 3.05) is 48.8 Å². The third kappa shape index (κ3) is 6.48. The van der Waals surface area contributed by atoms with Crippen LogP contribution in [-0.4, -0.2) is 71.7 Å². The van der Waals surface area contributed by atoms with Gasteiger partial charge in [0.2, 0.25) is 5.91 Å². The minimum absolute atomic E-state index is 0.188. The first-order valence-corrected chi connectivity index (χ1v) is 15.5. The van der Waals surface area contributed by atoms with Gasteiger partial charge in [-0.25, -0.2) is 0 Å². The summed E-state index contributed by atoms with van der Waals surface area (Å²) < 4.78 is 1.56. The Morgan fingerprint density at radius 2 is 1.65 bits per heavy atom. The summed E-state index contributed by atoms with van der Waals surface area (Å²) in [5.74, 6) is -1.28. The molecule has 0 saturated carbocycles. The highest BCUT2D eigenvalue weighted by Gasteiger charge is 2.30. The van der Waals surface area contributed by atoms with Crippen LogP contribution >= 0.6 is 0 Å². The molecule has 2 N–H and O–H groups in total. The number of likely N-dealkylation sites (N-methyl/N-ethyl adjacent to an activating group) is 1. The molecule has 3 heterocycles. The van der Waals surface area contributed by atoms with Crippen molar-refractivity contribution >= 4 is 46.6 Å². The highest BCUT2D eigenvalue weighted by molar-refractivity contribution is 6.15. The topological polar surface area (TPSA) is 112 Å². The first-order valence-electron chi connectivity index (χ1n) is 15.5. The van der Waals surface area contributed by atoms with E-state index in [1.165, 1.54) is 5.69 Å². The number of rotatable bonds is 7. The molecule has 0 bridgehead atoms. The molecule has 46 heavy (non-hydrogen) atoms. The standard InChI is InChI=1S/C36H39N7O3/c1-36(2,3)32-21-31(42(5)40-32)35(46)38-26-8-6-7-23(19-26)33(44)24-9-14-28-29(34(45)39-30(28)20-24)22-37-25-10-12-27(13-11-25)43-17-15-41(4)16-18-43/h6-14,19-22,29H,15-18H2,1-5H3,(H,38,46)(H,39,45). The van der Waals surface area contributed by atoms with Gasteiger partial charge in [0.15, 0.2) is 5.78 Å². The largest absolute Gasteiger partial charge is 0.369 e. The number of hydrogen-bond acceptors (Lipinski definition) is 7. The van der Waals surface area contributed by atoms with Crippen molar-refractivity contribution in [2.45, 2.75) is 32.1 Å². The molecule has 2 aliphatic rings. The molecule has 1 atom stereocenters. The molecule has 1 fully saturated rings. The molecule has 10 heteroatoms. The fourth-order valence-corrected chi connectivity index (χ4v) is 5.70. The molecule has 0 spiro atoms. The molecular formula is C36H39N7O3. The lowest BCUT2D eigenvalue weighted by Gasteiger charge is -2.34. The number of hydrogen-bond donors (Lipinski definition) is 2. The van der Waals surface area contributed by atoms with Gasteiger partial charge in [0.05, 0.1) is 11.4 Å². The quantitative estimate of drug-likeness (QED) is 0.213. The summed E-state index contributed by atoms with van der Waals surface area (Å²) >= 11 is 0. The maximum atomic E-state index is 13.5. The van der Waals surface area contributed by atoms with Crippen molar-refractivity contribution in [3.05, 3.63) is 101 Å². The van der Waals surface area contributed by atoms with Gasteiger partial charge in [-0.2, -0.15) is 5.10 Å². The van der Waals surface area contributed by atoms with E-state index in [4.69, 9.17) is 0 Å². The first-order chi connectivity index (χ1) is 22.0. The van der Waals surface area contributed by atoms with Crippen LogP contribution in [0.15, 0.2) is 77.8 Å². The van der Waals surface area contributed by atoms with E-state index < -0.39 is 5.92 Å². The number of aliphatic imine (C=N–C) groups is 1. The number of carbonyl (C=O) groups excluding carboxylic acids is 3. The van der Waals surface area contributed by atoms with Gasteiger partial charge in [0.25, 0.3) is 5.91 Å². The predicted octanol–water partition coefficient (Wildman–Crippen LogP) is 5.39. The third-order valence-electron chi connectivity index (χ3n) is 8.55. The summed E-state index contributed by atoms with van der Waals surface area (Å²) in [6, 6.07) is 21.9. The third-order valence-corrected chi connectivity index (χ3v) is 8.55. The van der Waals surface area contributed by atoms with Crippen molar-refractivity contribution < 1.29 is 14.4 Å². The fourth-order valence-electron chi connectivity index (χ4n) is 5.70. The van der Waals surface area contributed by atoms with Crippen molar-refractivity contribution in [3.63, 3.8) is 0 Å². The first kappa shape index (κ1) is 30.9. The molecule has 1 aromatic heterocycles. The van der Waals surface area contributed by atoms with Crippen molar-refractivity contribution in [1.29, 1.82) is 0 Å². The molecule has 1 saturated heterocycles. The average Bonchev–Trinajstić information content (AvgIpc) is 3.59. The van der Waals surface area contributed by atoms with Gasteiger partial charge >= 0.3 is 0 Å². The second kappa shape index (κ2) is 12.4. The van der Waals surface area contributed by atoms with E-state index in [1.54, 1.807) is 66.5 Å². The van der Waals surface area contributed by atoms with Crippen LogP contribution in [0, 0.1) is 0 Å². The van der Waals surface area contributed by atoms with Crippen molar-refractivity contribution in [2.24, 2.45) is 12.0 Å². The summed E-state index contributed by atoms with van der Waals surface area (Å²) in [4.78, 5) is 48.7. The number of amides is 2. The maximum absolute atomic E-state index is 13.5. The molecule has 3 aromatic carbocycles. The minimum atomic E-state index is -0.555. The van der Waals surface area contributed by atoms with Crippen LogP contribution in [0.1, 0.15) is 64.4 Å². The van der Waals surface area contributed by atoms with Crippen LogP contribution in [0.2, 0.25) is 0 Å². The lowest BCUT2D eigenvalue weighted by molar-refractivity contribution is -0.115. The minimum Gasteiger partial charge on any atom is -0.369 e. The molecule has 2 aliphatic heterocycles. The monoisotopic (exact) mass is 617 g/mol. The highest BCUT2D eigenvalue weighted by Crippen LogP contribution is 2.34. The maximum Gasteiger partial charge on any atom is 0.273 e. The van der Waals surface area contributed by atoms with Crippen LogP contribution in [0.5, 0.6) is 0 Å². The normalized spacial score (nSPS) is 16.8. The van der Waals surface area contributed by atoms with Crippen LogP contribution in [-0.2, 0) is 17.3 Å². The van der Waals surface area contributed by atoms with E-state index in [2.05, 4.69) is 49.7 Å². The van der Waals surface area contributed by atoms with E-state index in [0.717, 1.165) is 43.1 Å². The van der Waals surface area contributed by atoms with Crippen LogP contribution in [0.4, 0.5) is 22.7 Å². The number of nitrogens with one attached hydrogen (secondary N) is 2. The summed E-state index contributed by atoms with van der Waals surface area (Å²) in [7, 11) is 3.87. The molecule has 10 nitrogen and oxygen atoms in total. The zero-order valence-electron chi connectivity index (χ0n) is 26.9. The number of nitrogens with zero attached hydrogens (tertiary/aromatic N) is 5. The van der Waals surface area contributed by atoms with Gasteiger partial charge in [-0.1, -0.05) is 45.0 Å². The smallest absolute Gasteiger partial charge is 0.273 e. The lowest BCUT2D eigenvalue weighted by atomic mass is 9.92. The predicted molar refractivity (Wildman–Crippen MR) is 182 cm³/mol. The Labute approximate surface area is 269 Å². The molecule has 2 amide bonds. The molecule has 0 aliphatic carbocycles. The second-order valence-electron chi connectivity index (χ2n) is 13.0. The summed E-state index contributed by atoms with van der Waals surface area (Å²) in [5, 5.41) is 10.3. The lowest BCUT2D eigenvalue weighted by Crippen LogP contribution is -2.44. The summed E-state index contributed by atoms with van der Waals surface area (Å²) in [6.45, 7) is 10.2. The second-order valence-corrected chi connectivity index (χ2v) is 13.0. The Bertz CT molecular complexity index is 1830. The van der Waals surface area contributed by atoms with Crippen molar-refractivity contribution in [1.82, 2.24) is 14.7 Å². The Kier molecular flexibility index (Phi) is 8.31. The molecule has 1 unspecified atom stereocenters. The van der Waals surface area contributed by atoms with Gasteiger partial charge < -0.3 is 20.4 Å². The van der Waals surface area contributed by atoms with Crippen LogP contribution in [0.25, 0.3) is 0 Å². The van der Waals surface area contributed by atoms with Crippen molar-refractivity contribution in [3.8, 4) is 0 Å². The van der Waals surface area contributed by atoms with Gasteiger partial charge in [0.1, 0.15) is 11.6 Å². The van der Waals surface area contributed by atoms with E-state index in [1.807, 2.05) is 32.9 Å². The van der Waals surface area contributed by atoms with Gasteiger partial charge in [-0.15, -0.1) is 0 Å². The zero-order valence-corrected chi connectivity index (χ0v) is 26.9. The highest BCUT2D eigenvalue weighted by atomic mass is 16.2. The molecule has 236 valence electrons. The molecule has 0 radical (unpaired) electrons. The number of aromatic nitrogens is 2. The summed E-state index contributed by atoms with van der Waals surface area (Å²) in [6.07, 6.45) is 1.66. The Morgan fingerprint density at radius 3 is 2.35 bits per heavy atom. The molecular weight excluding hydrogens is 578 g/mol. The molecule has 6 rings (SSSR count). The number of ketones is 1. The number of carbonyl (C=O) groups is 3. The number of fused-ring (bicyclic) bond motifs is 1. The number of piperazine rings is 1. The van der Waals surface area contributed by atoms with Crippen LogP contribution < -0.4 is 15.5 Å². The number of anilines is 3. The van der Waals surface area contributed by atoms with Gasteiger partial charge in [-0.05, 0) is 61.1 Å². The number of benzene rings is 3. The van der Waals surface area contributed by atoms with E-state index in [-0.39, 0.29) is 23.0 Å². The van der Waals surface area contributed by atoms with E-state index in [0.29, 0.717) is 28.2 Å². The Morgan fingerprint density at radius 1 is 0.935 bits per heavy atom. The zero-order chi connectivity index (χ0) is 32.6. The van der Waals surface area contributed by atoms with Gasteiger partial charge in [-0.3, -0.25) is 24.1 Å². The van der Waals surface area contributed by atoms with Crippen LogP contribution in [0.3, 0.4) is 0 Å².